The number of carbonyl (C=O) groups is 2. The normalized spacial score (nSPS) is 12.3. The highest BCUT2D eigenvalue weighted by Crippen LogP contribution is 2.29. The van der Waals surface area contributed by atoms with Gasteiger partial charge in [0, 0.05) is 11.4 Å². The number of aromatic nitrogens is 2. The number of nitrogens with two attached hydrogens (primary N) is 1. The summed E-state index contributed by atoms with van der Waals surface area (Å²) in [6, 6.07) is 1.91. The highest BCUT2D eigenvalue weighted by molar-refractivity contribution is 8.02. The summed E-state index contributed by atoms with van der Waals surface area (Å²) in [6.07, 6.45) is -0.00518. The lowest BCUT2D eigenvalue weighted by Gasteiger charge is -2.02. The molecule has 26 heavy (non-hydrogen) atoms. The maximum Gasteiger partial charge on any atom is 0.232 e. The van der Waals surface area contributed by atoms with Gasteiger partial charge in [-0.15, -0.1) is 11.3 Å². The summed E-state index contributed by atoms with van der Waals surface area (Å²) in [5, 5.41) is 4.04. The third-order valence-corrected chi connectivity index (χ3v) is 6.27. The maximum absolute atomic E-state index is 13.7. The Morgan fingerprint density at radius 3 is 2.85 bits per heavy atom. The Balaban J connectivity index is 1.65. The largest absolute Gasteiger partial charge is 0.369 e. The minimum atomic E-state index is -0.776. The van der Waals surface area contributed by atoms with Gasteiger partial charge in [-0.05, 0) is 13.0 Å². The minimum absolute atomic E-state index is 0.00518. The summed E-state index contributed by atoms with van der Waals surface area (Å²) in [6.45, 7) is 1.68. The summed E-state index contributed by atoms with van der Waals surface area (Å²) >= 11 is 3.52. The van der Waals surface area contributed by atoms with Crippen LogP contribution in [0.1, 0.15) is 12.6 Å². The molecule has 136 valence electrons. The number of hydrogen-bond donors (Lipinski definition) is 2. The first-order chi connectivity index (χ1) is 12.3. The van der Waals surface area contributed by atoms with Crippen molar-refractivity contribution in [3.05, 3.63) is 34.8 Å². The number of nitrogens with zero attached hydrogens (tertiary/aromatic N) is 2. The molecule has 3 N–H and O–H groups in total. The van der Waals surface area contributed by atoms with E-state index < -0.39 is 22.8 Å². The van der Waals surface area contributed by atoms with Crippen LogP contribution in [0, 0.1) is 11.6 Å². The van der Waals surface area contributed by atoms with Gasteiger partial charge in [-0.25, -0.2) is 18.7 Å². The van der Waals surface area contributed by atoms with E-state index in [1.165, 1.54) is 23.1 Å². The van der Waals surface area contributed by atoms with E-state index in [9.17, 15) is 18.4 Å². The van der Waals surface area contributed by atoms with E-state index in [2.05, 4.69) is 15.3 Å². The molecule has 0 saturated carbocycles. The van der Waals surface area contributed by atoms with Crippen LogP contribution in [-0.2, 0) is 16.0 Å². The van der Waals surface area contributed by atoms with Gasteiger partial charge in [0.2, 0.25) is 11.8 Å². The Labute approximate surface area is 158 Å². The first kappa shape index (κ1) is 18.7. The van der Waals surface area contributed by atoms with Crippen LogP contribution in [0.5, 0.6) is 0 Å². The molecule has 2 amide bonds. The number of rotatable bonds is 6. The second-order valence-electron chi connectivity index (χ2n) is 5.25. The van der Waals surface area contributed by atoms with Gasteiger partial charge in [-0.3, -0.25) is 9.59 Å². The highest BCUT2D eigenvalue weighted by Gasteiger charge is 2.16. The molecule has 0 saturated heterocycles. The molecule has 0 bridgehead atoms. The molecule has 0 fully saturated rings. The lowest BCUT2D eigenvalue weighted by molar-refractivity contribution is -0.117. The number of anilines is 1. The third kappa shape index (κ3) is 4.34. The quantitative estimate of drug-likeness (QED) is 0.604. The van der Waals surface area contributed by atoms with Crippen LogP contribution in [0.25, 0.3) is 10.2 Å². The fourth-order valence-electron chi connectivity index (χ4n) is 1.97. The summed E-state index contributed by atoms with van der Waals surface area (Å²) in [4.78, 5) is 31.4. The van der Waals surface area contributed by atoms with E-state index in [1.807, 2.05) is 0 Å². The summed E-state index contributed by atoms with van der Waals surface area (Å²) in [7, 11) is 0. The van der Waals surface area contributed by atoms with E-state index in [0.717, 1.165) is 23.5 Å². The van der Waals surface area contributed by atoms with Crippen LogP contribution >= 0.6 is 34.4 Å². The fraction of sp³-hybridized carbons (Fsp3) is 0.200. The van der Waals surface area contributed by atoms with Crippen molar-refractivity contribution in [2.75, 3.05) is 5.32 Å². The second kappa shape index (κ2) is 7.64. The molecule has 0 aliphatic heterocycles. The van der Waals surface area contributed by atoms with Gasteiger partial charge in [0.05, 0.1) is 22.1 Å². The number of benzene rings is 1. The van der Waals surface area contributed by atoms with Crippen LogP contribution in [0.2, 0.25) is 0 Å². The average Bonchev–Trinajstić information content (AvgIpc) is 3.13. The lowest BCUT2D eigenvalue weighted by atomic mass is 10.3. The molecule has 6 nitrogen and oxygen atoms in total. The van der Waals surface area contributed by atoms with E-state index in [-0.39, 0.29) is 23.0 Å². The van der Waals surface area contributed by atoms with Crippen LogP contribution in [-0.4, -0.2) is 27.0 Å². The smallest absolute Gasteiger partial charge is 0.232 e. The summed E-state index contributed by atoms with van der Waals surface area (Å²) < 4.78 is 27.8. The van der Waals surface area contributed by atoms with E-state index in [4.69, 9.17) is 5.73 Å². The second-order valence-corrected chi connectivity index (χ2v) is 8.72. The highest BCUT2D eigenvalue weighted by atomic mass is 32.2. The summed E-state index contributed by atoms with van der Waals surface area (Å²) in [5.74, 6) is -2.30. The Kier molecular flexibility index (Phi) is 5.49. The van der Waals surface area contributed by atoms with Gasteiger partial charge in [0.1, 0.15) is 11.3 Å². The molecule has 0 aliphatic rings. The van der Waals surface area contributed by atoms with E-state index in [0.29, 0.717) is 14.7 Å². The van der Waals surface area contributed by atoms with Crippen molar-refractivity contribution < 1.29 is 18.4 Å². The molecule has 1 atom stereocenters. The van der Waals surface area contributed by atoms with E-state index in [1.54, 1.807) is 12.3 Å². The molecule has 2 heterocycles. The predicted molar refractivity (Wildman–Crippen MR) is 98.5 cm³/mol. The first-order valence-electron chi connectivity index (χ1n) is 7.27. The Morgan fingerprint density at radius 1 is 1.35 bits per heavy atom. The zero-order valence-corrected chi connectivity index (χ0v) is 15.7. The van der Waals surface area contributed by atoms with Crippen LogP contribution in [0.3, 0.4) is 0 Å². The number of hydrogen-bond acceptors (Lipinski definition) is 7. The van der Waals surface area contributed by atoms with Crippen molar-refractivity contribution in [3.8, 4) is 0 Å². The molecule has 11 heteroatoms. The zero-order valence-electron chi connectivity index (χ0n) is 13.3. The molecule has 1 aromatic carbocycles. The molecular formula is C15H12F2N4O2S3. The number of halogens is 2. The van der Waals surface area contributed by atoms with Gasteiger partial charge in [-0.2, -0.15) is 0 Å². The van der Waals surface area contributed by atoms with Crippen molar-refractivity contribution >= 4 is 61.6 Å². The third-order valence-electron chi connectivity index (χ3n) is 3.21. The predicted octanol–water partition coefficient (Wildman–Crippen LogP) is 3.18. The van der Waals surface area contributed by atoms with Crippen LogP contribution < -0.4 is 11.1 Å². The van der Waals surface area contributed by atoms with Gasteiger partial charge in [0.15, 0.2) is 15.3 Å². The Bertz CT molecular complexity index is 989. The monoisotopic (exact) mass is 414 g/mol. The van der Waals surface area contributed by atoms with Gasteiger partial charge < -0.3 is 11.1 Å². The van der Waals surface area contributed by atoms with Crippen molar-refractivity contribution in [2.24, 2.45) is 5.73 Å². The number of thiazole rings is 2. The Morgan fingerprint density at radius 2 is 2.12 bits per heavy atom. The van der Waals surface area contributed by atoms with Gasteiger partial charge in [0.25, 0.3) is 0 Å². The van der Waals surface area contributed by atoms with Crippen LogP contribution in [0.4, 0.5) is 13.9 Å². The van der Waals surface area contributed by atoms with Crippen molar-refractivity contribution in [2.45, 2.75) is 22.9 Å². The molecule has 3 aromatic rings. The number of fused-ring (bicyclic) bond motifs is 1. The molecular weight excluding hydrogens is 402 g/mol. The zero-order chi connectivity index (χ0) is 18.8. The summed E-state index contributed by atoms with van der Waals surface area (Å²) in [5.41, 5.74) is 5.75. The topological polar surface area (TPSA) is 98.0 Å². The molecule has 2 aromatic heterocycles. The number of thioether (sulfide) groups is 1. The molecule has 0 radical (unpaired) electrons. The van der Waals surface area contributed by atoms with Crippen molar-refractivity contribution in [3.63, 3.8) is 0 Å². The molecule has 1 unspecified atom stereocenters. The minimum Gasteiger partial charge on any atom is -0.369 e. The maximum atomic E-state index is 13.7. The van der Waals surface area contributed by atoms with Crippen molar-refractivity contribution in [1.29, 1.82) is 0 Å². The number of nitrogens with one attached hydrogen (secondary N) is 1. The van der Waals surface area contributed by atoms with Crippen molar-refractivity contribution in [1.82, 2.24) is 9.97 Å². The standard InChI is InChI=1S/C15H12F2N4O2S3/c1-6(13(18)23)25-15-19-8(5-24-15)4-11(22)20-14-21-12-9(17)2-7(16)3-10(12)26-14/h2-3,5-6H,4H2,1H3,(H2,18,23)(H,20,21,22). The van der Waals surface area contributed by atoms with Crippen LogP contribution in [0.15, 0.2) is 21.9 Å². The Hall–Kier alpha value is -2.11. The van der Waals surface area contributed by atoms with Gasteiger partial charge in [-0.1, -0.05) is 23.1 Å². The van der Waals surface area contributed by atoms with Gasteiger partial charge >= 0.3 is 0 Å². The fourth-order valence-corrected chi connectivity index (χ4v) is 4.82. The number of primary amides is 1. The molecule has 3 rings (SSSR count). The number of carbonyl (C=O) groups excluding carboxylic acids is 2. The first-order valence-corrected chi connectivity index (χ1v) is 9.85. The average molecular weight is 414 g/mol. The SMILES string of the molecule is CC(Sc1nc(CC(=O)Nc2nc3c(F)cc(F)cc3s2)cs1)C(N)=O. The molecule has 0 aliphatic carbocycles. The van der Waals surface area contributed by atoms with E-state index >= 15 is 0 Å². The number of amides is 2. The lowest BCUT2D eigenvalue weighted by Crippen LogP contribution is -2.22. The molecule has 0 spiro atoms.